The van der Waals surface area contributed by atoms with E-state index in [4.69, 9.17) is 9.84 Å². The molecular weight excluding hydrogens is 506 g/mol. The van der Waals surface area contributed by atoms with Crippen molar-refractivity contribution in [3.63, 3.8) is 0 Å². The Balaban J connectivity index is 1.46. The number of hydrogen-bond donors (Lipinski definition) is 0. The van der Waals surface area contributed by atoms with Crippen molar-refractivity contribution in [3.8, 4) is 34.1 Å². The predicted molar refractivity (Wildman–Crippen MR) is 156 cm³/mol. The van der Waals surface area contributed by atoms with Gasteiger partial charge in [-0.3, -0.25) is 4.79 Å². The third kappa shape index (κ3) is 4.86. The third-order valence-electron chi connectivity index (χ3n) is 6.47. The van der Waals surface area contributed by atoms with Gasteiger partial charge in [0.25, 0.3) is 5.56 Å². The molecule has 0 spiro atoms. The quantitative estimate of drug-likeness (QED) is 0.266. The second-order valence-corrected chi connectivity index (χ2v) is 10.5. The minimum atomic E-state index is -0.195. The molecule has 3 aromatic carbocycles. The molecule has 0 aliphatic carbocycles. The fraction of sp³-hybridized carbons (Fsp3) is 0.161. The molecular formula is C31H27N5O2S. The summed E-state index contributed by atoms with van der Waals surface area (Å²) >= 11 is 1.33. The number of benzene rings is 3. The molecule has 7 nitrogen and oxygen atoms in total. The highest BCUT2D eigenvalue weighted by atomic mass is 32.1. The number of fused-ring (bicyclic) bond motifs is 1. The molecule has 0 atom stereocenters. The van der Waals surface area contributed by atoms with Gasteiger partial charge in [-0.15, -0.1) is 5.10 Å². The molecule has 0 N–H and O–H groups in total. The van der Waals surface area contributed by atoms with Crippen LogP contribution in [-0.4, -0.2) is 31.0 Å². The summed E-state index contributed by atoms with van der Waals surface area (Å²) in [5, 5.41) is 9.45. The van der Waals surface area contributed by atoms with Gasteiger partial charge < -0.3 is 4.74 Å². The minimum Gasteiger partial charge on any atom is -0.494 e. The highest BCUT2D eigenvalue weighted by Crippen LogP contribution is 2.30. The standard InChI is InChI=1S/C31H27N5O2S/c1-4-16-38-25-14-15-26(21(3)17-25)28-23(19-35(33-28)24-8-6-5-7-9-24)18-27-30(37)36-31(39-27)32-29(34-36)22-12-10-20(2)11-13-22/h5-15,17-19H,4,16H2,1-3H3/b27-18-. The van der Waals surface area contributed by atoms with Crippen molar-refractivity contribution in [2.75, 3.05) is 6.61 Å². The van der Waals surface area contributed by atoms with Crippen LogP contribution in [-0.2, 0) is 0 Å². The lowest BCUT2D eigenvalue weighted by Gasteiger charge is -2.09. The third-order valence-corrected chi connectivity index (χ3v) is 7.43. The van der Waals surface area contributed by atoms with Gasteiger partial charge in [-0.05, 0) is 62.2 Å². The Morgan fingerprint density at radius 1 is 0.974 bits per heavy atom. The fourth-order valence-electron chi connectivity index (χ4n) is 4.43. The zero-order chi connectivity index (χ0) is 26.9. The second kappa shape index (κ2) is 10.3. The minimum absolute atomic E-state index is 0.195. The van der Waals surface area contributed by atoms with Crippen LogP contribution in [0, 0.1) is 13.8 Å². The first-order valence-electron chi connectivity index (χ1n) is 12.9. The summed E-state index contributed by atoms with van der Waals surface area (Å²) in [6.45, 7) is 6.84. The molecule has 3 heterocycles. The Labute approximate surface area is 229 Å². The summed E-state index contributed by atoms with van der Waals surface area (Å²) in [5.41, 5.74) is 6.44. The number of aromatic nitrogens is 5. The molecule has 0 unspecified atom stereocenters. The molecule has 0 saturated carbocycles. The number of aryl methyl sites for hydroxylation is 2. The number of ether oxygens (including phenoxy) is 1. The van der Waals surface area contributed by atoms with E-state index >= 15 is 0 Å². The molecule has 194 valence electrons. The Bertz CT molecular complexity index is 1890. The highest BCUT2D eigenvalue weighted by Gasteiger charge is 2.16. The number of para-hydroxylation sites is 1. The molecule has 0 saturated heterocycles. The zero-order valence-electron chi connectivity index (χ0n) is 22.0. The number of hydrogen-bond acceptors (Lipinski definition) is 6. The predicted octanol–water partition coefficient (Wildman–Crippen LogP) is 5.62. The van der Waals surface area contributed by atoms with Gasteiger partial charge in [0.15, 0.2) is 5.82 Å². The van der Waals surface area contributed by atoms with Crippen molar-refractivity contribution in [2.45, 2.75) is 27.2 Å². The first-order chi connectivity index (χ1) is 19.0. The summed E-state index contributed by atoms with van der Waals surface area (Å²) in [6, 6.07) is 23.9. The van der Waals surface area contributed by atoms with E-state index in [0.29, 0.717) is 21.9 Å². The van der Waals surface area contributed by atoms with Crippen LogP contribution in [0.5, 0.6) is 5.75 Å². The maximum absolute atomic E-state index is 13.4. The molecule has 0 fully saturated rings. The van der Waals surface area contributed by atoms with Crippen molar-refractivity contribution in [1.29, 1.82) is 0 Å². The van der Waals surface area contributed by atoms with Gasteiger partial charge in [0.05, 0.1) is 16.8 Å². The smallest absolute Gasteiger partial charge is 0.291 e. The Morgan fingerprint density at radius 2 is 1.77 bits per heavy atom. The van der Waals surface area contributed by atoms with Gasteiger partial charge in [0.1, 0.15) is 11.4 Å². The van der Waals surface area contributed by atoms with Crippen LogP contribution in [0.4, 0.5) is 0 Å². The average Bonchev–Trinajstić information content (AvgIpc) is 3.64. The topological polar surface area (TPSA) is 74.3 Å². The summed E-state index contributed by atoms with van der Waals surface area (Å²) in [5.74, 6) is 1.38. The Morgan fingerprint density at radius 3 is 2.49 bits per heavy atom. The lowest BCUT2D eigenvalue weighted by molar-refractivity contribution is 0.317. The largest absolute Gasteiger partial charge is 0.494 e. The van der Waals surface area contributed by atoms with Gasteiger partial charge >= 0.3 is 0 Å². The van der Waals surface area contributed by atoms with Crippen molar-refractivity contribution < 1.29 is 4.74 Å². The summed E-state index contributed by atoms with van der Waals surface area (Å²) in [7, 11) is 0. The van der Waals surface area contributed by atoms with Crippen LogP contribution in [0.2, 0.25) is 0 Å². The SMILES string of the molecule is CCCOc1ccc(-c2nn(-c3ccccc3)cc2/C=c2\sc3nc(-c4ccc(C)cc4)nn3c2=O)c(C)c1. The van der Waals surface area contributed by atoms with E-state index in [1.54, 1.807) is 0 Å². The molecule has 0 radical (unpaired) electrons. The van der Waals surface area contributed by atoms with Crippen molar-refractivity contribution in [3.05, 3.63) is 111 Å². The lowest BCUT2D eigenvalue weighted by atomic mass is 10.0. The molecule has 6 aromatic rings. The van der Waals surface area contributed by atoms with Crippen LogP contribution in [0.25, 0.3) is 39.4 Å². The van der Waals surface area contributed by atoms with Crippen LogP contribution in [0.15, 0.2) is 83.8 Å². The summed E-state index contributed by atoms with van der Waals surface area (Å²) < 4.78 is 9.61. The number of nitrogens with zero attached hydrogens (tertiary/aromatic N) is 5. The van der Waals surface area contributed by atoms with Crippen LogP contribution >= 0.6 is 11.3 Å². The molecule has 0 aliphatic heterocycles. The van der Waals surface area contributed by atoms with Gasteiger partial charge in [0.2, 0.25) is 4.96 Å². The lowest BCUT2D eigenvalue weighted by Crippen LogP contribution is -2.23. The summed E-state index contributed by atoms with van der Waals surface area (Å²) in [4.78, 5) is 18.6. The fourth-order valence-corrected chi connectivity index (χ4v) is 5.33. The molecule has 3 aromatic heterocycles. The normalized spacial score (nSPS) is 11.9. The molecule has 39 heavy (non-hydrogen) atoms. The van der Waals surface area contributed by atoms with E-state index in [2.05, 4.69) is 17.0 Å². The first kappa shape index (κ1) is 24.8. The first-order valence-corrected chi connectivity index (χ1v) is 13.7. The second-order valence-electron chi connectivity index (χ2n) is 9.45. The van der Waals surface area contributed by atoms with Crippen LogP contribution in [0.1, 0.15) is 30.0 Å². The van der Waals surface area contributed by atoms with Crippen molar-refractivity contribution >= 4 is 22.4 Å². The van der Waals surface area contributed by atoms with Crippen molar-refractivity contribution in [1.82, 2.24) is 24.4 Å². The van der Waals surface area contributed by atoms with E-state index in [9.17, 15) is 4.79 Å². The van der Waals surface area contributed by atoms with Gasteiger partial charge in [0, 0.05) is 22.9 Å². The maximum atomic E-state index is 13.4. The van der Waals surface area contributed by atoms with Gasteiger partial charge in [-0.2, -0.15) is 14.6 Å². The Kier molecular flexibility index (Phi) is 6.54. The van der Waals surface area contributed by atoms with Crippen molar-refractivity contribution in [2.24, 2.45) is 0 Å². The zero-order valence-corrected chi connectivity index (χ0v) is 22.8. The molecule has 0 aliphatic rings. The van der Waals surface area contributed by atoms with Gasteiger partial charge in [-0.1, -0.05) is 66.3 Å². The van der Waals surface area contributed by atoms with E-state index in [1.165, 1.54) is 15.9 Å². The molecule has 0 amide bonds. The molecule has 8 heteroatoms. The monoisotopic (exact) mass is 533 g/mol. The van der Waals surface area contributed by atoms with E-state index in [0.717, 1.165) is 51.4 Å². The molecule has 6 rings (SSSR count). The maximum Gasteiger partial charge on any atom is 0.291 e. The Hall–Kier alpha value is -4.56. The average molecular weight is 534 g/mol. The highest BCUT2D eigenvalue weighted by molar-refractivity contribution is 7.15. The van der Waals surface area contributed by atoms with Crippen LogP contribution in [0.3, 0.4) is 0 Å². The van der Waals surface area contributed by atoms with Crippen LogP contribution < -0.4 is 14.8 Å². The number of rotatable bonds is 7. The number of thiazole rings is 1. The summed E-state index contributed by atoms with van der Waals surface area (Å²) in [6.07, 6.45) is 4.79. The van der Waals surface area contributed by atoms with Gasteiger partial charge in [-0.25, -0.2) is 4.68 Å². The van der Waals surface area contributed by atoms with E-state index < -0.39 is 0 Å². The van der Waals surface area contributed by atoms with E-state index in [1.807, 2.05) is 104 Å². The molecule has 0 bridgehead atoms. The van der Waals surface area contributed by atoms with E-state index in [-0.39, 0.29) is 5.56 Å².